The van der Waals surface area contributed by atoms with E-state index in [0.29, 0.717) is 45.3 Å². The minimum absolute atomic E-state index is 0.195. The van der Waals surface area contributed by atoms with Crippen LogP contribution in [0.5, 0.6) is 5.75 Å². The molecule has 1 aromatic heterocycles. The van der Waals surface area contributed by atoms with Gasteiger partial charge in [-0.2, -0.15) is 0 Å². The second-order valence-corrected chi connectivity index (χ2v) is 9.59. The number of methoxy groups -OCH3 is 1. The van der Waals surface area contributed by atoms with Gasteiger partial charge in [-0.05, 0) is 38.0 Å². The number of rotatable bonds is 11. The topological polar surface area (TPSA) is 99.5 Å². The Bertz CT molecular complexity index is 1140. The molecule has 0 unspecified atom stereocenters. The van der Waals surface area contributed by atoms with Gasteiger partial charge >= 0.3 is 5.97 Å². The van der Waals surface area contributed by atoms with Crippen molar-refractivity contribution in [1.82, 2.24) is 4.68 Å². The summed E-state index contributed by atoms with van der Waals surface area (Å²) >= 11 is 0. The van der Waals surface area contributed by atoms with E-state index in [1.54, 1.807) is 7.11 Å². The molecule has 2 aliphatic heterocycles. The summed E-state index contributed by atoms with van der Waals surface area (Å²) in [6.45, 7) is 9.61. The van der Waals surface area contributed by atoms with Crippen LogP contribution < -0.4 is 15.2 Å². The largest absolute Gasteiger partial charge is 0.493 e. The van der Waals surface area contributed by atoms with Gasteiger partial charge in [0.15, 0.2) is 5.43 Å². The Morgan fingerprint density at radius 3 is 2.63 bits per heavy atom. The average molecular weight is 487 g/mol. The summed E-state index contributed by atoms with van der Waals surface area (Å²) in [5.74, 6) is -0.493. The minimum atomic E-state index is -1.23. The summed E-state index contributed by atoms with van der Waals surface area (Å²) in [6, 6.07) is 5.42. The number of carbonyl (C=O) groups is 1. The molecular formula is C26H34N2O7. The third kappa shape index (κ3) is 5.22. The van der Waals surface area contributed by atoms with Gasteiger partial charge in [0.25, 0.3) is 0 Å². The number of aromatic carboxylic acids is 1. The van der Waals surface area contributed by atoms with Crippen molar-refractivity contribution in [2.45, 2.75) is 58.4 Å². The van der Waals surface area contributed by atoms with Crippen LogP contribution >= 0.6 is 0 Å². The molecule has 0 radical (unpaired) electrons. The third-order valence-corrected chi connectivity index (χ3v) is 6.78. The van der Waals surface area contributed by atoms with Crippen molar-refractivity contribution >= 4 is 5.97 Å². The lowest BCUT2D eigenvalue weighted by atomic mass is 9.94. The number of hydrogen-bond acceptors (Lipinski definition) is 7. The second-order valence-electron chi connectivity index (χ2n) is 9.59. The van der Waals surface area contributed by atoms with Gasteiger partial charge < -0.3 is 29.1 Å². The summed E-state index contributed by atoms with van der Waals surface area (Å²) in [5, 5.41) is 11.6. The van der Waals surface area contributed by atoms with Crippen molar-refractivity contribution < 1.29 is 28.8 Å². The highest BCUT2D eigenvalue weighted by Gasteiger charge is 2.33. The molecule has 4 rings (SSSR count). The summed E-state index contributed by atoms with van der Waals surface area (Å²) in [4.78, 5) is 24.3. The highest BCUT2D eigenvalue weighted by atomic mass is 16.6. The first kappa shape index (κ1) is 25.2. The zero-order valence-corrected chi connectivity index (χ0v) is 20.8. The summed E-state index contributed by atoms with van der Waals surface area (Å²) in [6.07, 6.45) is 3.22. The van der Waals surface area contributed by atoms with E-state index >= 15 is 0 Å². The van der Waals surface area contributed by atoms with Crippen LogP contribution in [0.1, 0.15) is 55.1 Å². The van der Waals surface area contributed by atoms with Crippen molar-refractivity contribution in [3.63, 3.8) is 0 Å². The van der Waals surface area contributed by atoms with E-state index in [4.69, 9.17) is 18.9 Å². The van der Waals surface area contributed by atoms with Crippen LogP contribution in [0.15, 0.2) is 29.2 Å². The average Bonchev–Trinajstić information content (AvgIpc) is 2.79. The Morgan fingerprint density at radius 1 is 1.23 bits per heavy atom. The maximum Gasteiger partial charge on any atom is 0.341 e. The van der Waals surface area contributed by atoms with Crippen LogP contribution in [-0.2, 0) is 27.4 Å². The Balaban J connectivity index is 1.68. The van der Waals surface area contributed by atoms with Crippen molar-refractivity contribution in [2.24, 2.45) is 0 Å². The first-order valence-electron chi connectivity index (χ1n) is 12.0. The van der Waals surface area contributed by atoms with E-state index in [-0.39, 0.29) is 17.2 Å². The van der Waals surface area contributed by atoms with E-state index in [1.807, 2.05) is 16.8 Å². The molecule has 1 saturated heterocycles. The molecule has 2 aromatic rings. The van der Waals surface area contributed by atoms with Gasteiger partial charge in [-0.15, -0.1) is 0 Å². The van der Waals surface area contributed by atoms with Gasteiger partial charge in [0, 0.05) is 36.9 Å². The van der Waals surface area contributed by atoms with E-state index in [1.165, 1.54) is 12.3 Å². The Morgan fingerprint density at radius 2 is 2.00 bits per heavy atom. The third-order valence-electron chi connectivity index (χ3n) is 6.78. The van der Waals surface area contributed by atoms with Gasteiger partial charge in [-0.25, -0.2) is 4.79 Å². The highest BCUT2D eigenvalue weighted by Crippen LogP contribution is 2.37. The number of carboxylic acid groups (broad SMARTS) is 1. The van der Waals surface area contributed by atoms with Crippen LogP contribution in [0, 0.1) is 0 Å². The number of pyridine rings is 1. The van der Waals surface area contributed by atoms with Crippen LogP contribution in [0.2, 0.25) is 0 Å². The second kappa shape index (κ2) is 10.4. The normalized spacial score (nSPS) is 15.4. The summed E-state index contributed by atoms with van der Waals surface area (Å²) in [5.41, 5.74) is 2.35. The zero-order valence-electron chi connectivity index (χ0n) is 20.8. The number of ether oxygens (including phenoxy) is 4. The van der Waals surface area contributed by atoms with Crippen LogP contribution in [0.25, 0.3) is 11.3 Å². The first-order chi connectivity index (χ1) is 16.7. The first-order valence-corrected chi connectivity index (χ1v) is 12.0. The lowest BCUT2D eigenvalue weighted by molar-refractivity contribution is -0.130. The lowest BCUT2D eigenvalue weighted by Crippen LogP contribution is -2.52. The van der Waals surface area contributed by atoms with Crippen molar-refractivity contribution in [2.75, 3.05) is 38.5 Å². The molecule has 3 heterocycles. The SMILES string of the molecule is CCC(C)(C)N1Cc2cc(OCCCOC3COC3)c(COC)cc2-c2cc(=O)c(C(=O)O)cn21. The van der Waals surface area contributed by atoms with E-state index in [2.05, 4.69) is 25.8 Å². The van der Waals surface area contributed by atoms with E-state index in [9.17, 15) is 14.7 Å². The molecule has 0 atom stereocenters. The molecule has 0 spiro atoms. The van der Waals surface area contributed by atoms with Crippen LogP contribution in [0.3, 0.4) is 0 Å². The van der Waals surface area contributed by atoms with Gasteiger partial charge in [-0.3, -0.25) is 9.47 Å². The fraction of sp³-hybridized carbons (Fsp3) is 0.538. The van der Waals surface area contributed by atoms with Gasteiger partial charge in [0.05, 0.1) is 50.8 Å². The number of carboxylic acids is 1. The van der Waals surface area contributed by atoms with E-state index in [0.717, 1.165) is 35.3 Å². The molecule has 35 heavy (non-hydrogen) atoms. The molecule has 9 heteroatoms. The molecule has 0 bridgehead atoms. The maximum atomic E-state index is 12.6. The monoisotopic (exact) mass is 486 g/mol. The maximum absolute atomic E-state index is 12.6. The molecular weight excluding hydrogens is 452 g/mol. The molecule has 1 N–H and O–H groups in total. The Kier molecular flexibility index (Phi) is 7.49. The van der Waals surface area contributed by atoms with Gasteiger partial charge in [-0.1, -0.05) is 6.92 Å². The number of aromatic nitrogens is 1. The van der Waals surface area contributed by atoms with Crippen molar-refractivity contribution in [3.8, 4) is 17.0 Å². The lowest BCUT2D eigenvalue weighted by Gasteiger charge is -2.45. The quantitative estimate of drug-likeness (QED) is 0.484. The van der Waals surface area contributed by atoms with E-state index < -0.39 is 11.4 Å². The van der Waals surface area contributed by atoms with Crippen molar-refractivity contribution in [3.05, 3.63) is 51.3 Å². The number of nitrogens with zero attached hydrogens (tertiary/aromatic N) is 2. The molecule has 0 saturated carbocycles. The number of fused-ring (bicyclic) bond motifs is 3. The molecule has 0 aliphatic carbocycles. The van der Waals surface area contributed by atoms with Crippen LogP contribution in [-0.4, -0.2) is 60.9 Å². The fourth-order valence-electron chi connectivity index (χ4n) is 4.25. The molecule has 1 aromatic carbocycles. The highest BCUT2D eigenvalue weighted by molar-refractivity contribution is 5.88. The number of benzene rings is 1. The number of hydrogen-bond donors (Lipinski definition) is 1. The van der Waals surface area contributed by atoms with Gasteiger partial charge in [0.1, 0.15) is 17.4 Å². The van der Waals surface area contributed by atoms with Crippen LogP contribution in [0.4, 0.5) is 0 Å². The zero-order chi connectivity index (χ0) is 25.2. The molecule has 2 aliphatic rings. The summed E-state index contributed by atoms with van der Waals surface area (Å²) < 4.78 is 24.2. The predicted molar refractivity (Wildman–Crippen MR) is 131 cm³/mol. The Hall–Kier alpha value is -2.88. The summed E-state index contributed by atoms with van der Waals surface area (Å²) in [7, 11) is 1.63. The minimum Gasteiger partial charge on any atom is -0.493 e. The van der Waals surface area contributed by atoms with Crippen molar-refractivity contribution in [1.29, 1.82) is 0 Å². The Labute approximate surface area is 205 Å². The molecule has 1 fully saturated rings. The molecule has 0 amide bonds. The predicted octanol–water partition coefficient (Wildman–Crippen LogP) is 3.18. The standard InChI is InChI=1S/C26H34N2O7/c1-5-26(2,3)28-12-17-10-24(35-8-6-7-34-19-15-33-16-19)18(14-32-4)9-20(17)22-11-23(29)21(25(30)31)13-27(22)28/h9-11,13,19H,5-8,12,14-16H2,1-4H3,(H,30,31). The smallest absolute Gasteiger partial charge is 0.341 e. The van der Waals surface area contributed by atoms with Gasteiger partial charge in [0.2, 0.25) is 0 Å². The molecule has 9 nitrogen and oxygen atoms in total. The molecule has 190 valence electrons. The fourth-order valence-corrected chi connectivity index (χ4v) is 4.25.